The molecule has 0 radical (unpaired) electrons. The highest BCUT2D eigenvalue weighted by atomic mass is 16.2. The first-order valence-corrected chi connectivity index (χ1v) is 9.82. The zero-order valence-corrected chi connectivity index (χ0v) is 17.3. The second kappa shape index (κ2) is 8.89. The van der Waals surface area contributed by atoms with Crippen LogP contribution in [0.4, 0.5) is 17.3 Å². The highest BCUT2D eigenvalue weighted by Crippen LogP contribution is 2.33. The van der Waals surface area contributed by atoms with Crippen molar-refractivity contribution < 1.29 is 14.4 Å². The van der Waals surface area contributed by atoms with Gasteiger partial charge in [-0.2, -0.15) is 0 Å². The van der Waals surface area contributed by atoms with E-state index in [4.69, 9.17) is 5.73 Å². The number of nitrogens with two attached hydrogens (primary N) is 1. The topological polar surface area (TPSA) is 130 Å². The van der Waals surface area contributed by atoms with Crippen LogP contribution in [0.1, 0.15) is 43.9 Å². The lowest BCUT2D eigenvalue weighted by Gasteiger charge is -2.38. The second-order valence-electron chi connectivity index (χ2n) is 7.69. The molecule has 2 aromatic heterocycles. The summed E-state index contributed by atoms with van der Waals surface area (Å²) in [5, 5.41) is 5.23. The number of piperidine rings is 1. The van der Waals surface area contributed by atoms with Gasteiger partial charge in [-0.3, -0.25) is 14.4 Å². The minimum atomic E-state index is -0.720. The lowest BCUT2D eigenvalue weighted by molar-refractivity contribution is -0.146. The maximum absolute atomic E-state index is 13.0. The van der Waals surface area contributed by atoms with Gasteiger partial charge in [0.2, 0.25) is 5.91 Å². The number of carbonyl (C=O) groups excluding carboxylic acids is 3. The fourth-order valence-electron chi connectivity index (χ4n) is 3.55. The number of hydrogen-bond donors (Lipinski definition) is 3. The van der Waals surface area contributed by atoms with Crippen LogP contribution in [0, 0.1) is 12.8 Å². The number of nitrogens with zero attached hydrogens (tertiary/aromatic N) is 3. The highest BCUT2D eigenvalue weighted by Gasteiger charge is 2.34. The van der Waals surface area contributed by atoms with E-state index in [1.165, 1.54) is 13.1 Å². The minimum Gasteiger partial charge on any atom is -0.383 e. The third-order valence-corrected chi connectivity index (χ3v) is 5.12. The van der Waals surface area contributed by atoms with Crippen LogP contribution in [0.25, 0.3) is 0 Å². The molecule has 3 heterocycles. The van der Waals surface area contributed by atoms with E-state index < -0.39 is 11.8 Å². The van der Waals surface area contributed by atoms with E-state index in [1.54, 1.807) is 30.2 Å². The van der Waals surface area contributed by atoms with Gasteiger partial charge in [0.25, 0.3) is 0 Å². The molecule has 3 amide bonds. The van der Waals surface area contributed by atoms with Crippen molar-refractivity contribution in [3.8, 4) is 0 Å². The lowest BCUT2D eigenvalue weighted by atomic mass is 9.90. The van der Waals surface area contributed by atoms with Crippen LogP contribution < -0.4 is 16.4 Å². The molecule has 0 spiro atoms. The van der Waals surface area contributed by atoms with Crippen molar-refractivity contribution in [1.29, 1.82) is 0 Å². The molecule has 1 saturated heterocycles. The molecule has 9 heteroatoms. The van der Waals surface area contributed by atoms with Gasteiger partial charge < -0.3 is 21.3 Å². The summed E-state index contributed by atoms with van der Waals surface area (Å²) in [7, 11) is 0. The van der Waals surface area contributed by atoms with Crippen LogP contribution in [0.3, 0.4) is 0 Å². The van der Waals surface area contributed by atoms with Crippen LogP contribution in [0.5, 0.6) is 0 Å². The zero-order valence-electron chi connectivity index (χ0n) is 17.3. The SMILES string of the molecule is CC(=O)Nc1ccc(C2CCC(C)CN2C(=O)C(=O)Nc2cnc(N)c(C)c2)cn1. The molecule has 3 rings (SSSR count). The Hall–Kier alpha value is -3.49. The standard InChI is InChI=1S/C21H26N6O3/c1-12-4-6-17(15-5-7-18(23-9-15)25-14(3)28)27(11-12)21(30)20(29)26-16-8-13(2)19(22)24-10-16/h5,7-10,12,17H,4,6,11H2,1-3H3,(H2,22,24)(H,26,29)(H,23,25,28). The molecule has 2 aromatic rings. The summed E-state index contributed by atoms with van der Waals surface area (Å²) in [6, 6.07) is 4.93. The molecule has 0 aromatic carbocycles. The van der Waals surface area contributed by atoms with Crippen LogP contribution in [-0.4, -0.2) is 39.1 Å². The van der Waals surface area contributed by atoms with E-state index in [1.807, 2.05) is 6.07 Å². The Morgan fingerprint density at radius 1 is 1.13 bits per heavy atom. The number of amides is 3. The van der Waals surface area contributed by atoms with Crippen molar-refractivity contribution in [2.45, 2.75) is 39.7 Å². The molecule has 9 nitrogen and oxygen atoms in total. The average Bonchev–Trinajstić information content (AvgIpc) is 2.70. The summed E-state index contributed by atoms with van der Waals surface area (Å²) < 4.78 is 0. The summed E-state index contributed by atoms with van der Waals surface area (Å²) >= 11 is 0. The average molecular weight is 410 g/mol. The number of nitrogen functional groups attached to an aromatic ring is 1. The van der Waals surface area contributed by atoms with Gasteiger partial charge >= 0.3 is 11.8 Å². The lowest BCUT2D eigenvalue weighted by Crippen LogP contribution is -2.46. The molecule has 4 N–H and O–H groups in total. The monoisotopic (exact) mass is 410 g/mol. The van der Waals surface area contributed by atoms with E-state index in [0.29, 0.717) is 23.9 Å². The number of likely N-dealkylation sites (tertiary alicyclic amines) is 1. The number of aryl methyl sites for hydroxylation is 1. The maximum atomic E-state index is 13.0. The molecule has 0 aliphatic carbocycles. The second-order valence-corrected chi connectivity index (χ2v) is 7.69. The first-order valence-electron chi connectivity index (χ1n) is 9.82. The van der Waals surface area contributed by atoms with Gasteiger partial charge in [0.15, 0.2) is 0 Å². The minimum absolute atomic E-state index is 0.206. The predicted octanol–water partition coefficient (Wildman–Crippen LogP) is 2.26. The van der Waals surface area contributed by atoms with Gasteiger partial charge in [-0.05, 0) is 48.9 Å². The Balaban J connectivity index is 1.77. The summed E-state index contributed by atoms with van der Waals surface area (Å²) in [6.07, 6.45) is 4.72. The third kappa shape index (κ3) is 4.91. The predicted molar refractivity (Wildman–Crippen MR) is 113 cm³/mol. The quantitative estimate of drug-likeness (QED) is 0.666. The van der Waals surface area contributed by atoms with E-state index in [9.17, 15) is 14.4 Å². The molecular formula is C21H26N6O3. The smallest absolute Gasteiger partial charge is 0.313 e. The molecule has 1 aliphatic heterocycles. The van der Waals surface area contributed by atoms with Crippen LogP contribution in [0.2, 0.25) is 0 Å². The zero-order chi connectivity index (χ0) is 21.8. The number of hydrogen-bond acceptors (Lipinski definition) is 6. The fraction of sp³-hybridized carbons (Fsp3) is 0.381. The van der Waals surface area contributed by atoms with Crippen LogP contribution in [-0.2, 0) is 14.4 Å². The largest absolute Gasteiger partial charge is 0.383 e. The Morgan fingerprint density at radius 2 is 1.90 bits per heavy atom. The summed E-state index contributed by atoms with van der Waals surface area (Å²) in [6.45, 7) is 5.72. The molecule has 2 atom stereocenters. The van der Waals surface area contributed by atoms with Crippen molar-refractivity contribution in [3.63, 3.8) is 0 Å². The van der Waals surface area contributed by atoms with Gasteiger partial charge in [0, 0.05) is 19.7 Å². The van der Waals surface area contributed by atoms with Crippen molar-refractivity contribution in [3.05, 3.63) is 41.7 Å². The molecule has 0 bridgehead atoms. The fourth-order valence-corrected chi connectivity index (χ4v) is 3.55. The van der Waals surface area contributed by atoms with E-state index in [2.05, 4.69) is 27.5 Å². The van der Waals surface area contributed by atoms with Crippen molar-refractivity contribution in [2.75, 3.05) is 22.9 Å². The van der Waals surface area contributed by atoms with E-state index >= 15 is 0 Å². The molecular weight excluding hydrogens is 384 g/mol. The van der Waals surface area contributed by atoms with Gasteiger partial charge in [0.05, 0.1) is 17.9 Å². The van der Waals surface area contributed by atoms with Crippen LogP contribution >= 0.6 is 0 Å². The number of aromatic nitrogens is 2. The molecule has 158 valence electrons. The number of carbonyl (C=O) groups is 3. The van der Waals surface area contributed by atoms with Crippen molar-refractivity contribution >= 4 is 35.0 Å². The highest BCUT2D eigenvalue weighted by molar-refractivity contribution is 6.39. The van der Waals surface area contributed by atoms with Crippen LogP contribution in [0.15, 0.2) is 30.6 Å². The van der Waals surface area contributed by atoms with E-state index in [-0.39, 0.29) is 17.9 Å². The summed E-state index contributed by atoms with van der Waals surface area (Å²) in [5.74, 6) is -0.431. The van der Waals surface area contributed by atoms with Gasteiger partial charge in [0.1, 0.15) is 11.6 Å². The Labute approximate surface area is 175 Å². The maximum Gasteiger partial charge on any atom is 0.313 e. The first-order chi connectivity index (χ1) is 14.2. The van der Waals surface area contributed by atoms with Crippen molar-refractivity contribution in [1.82, 2.24) is 14.9 Å². The van der Waals surface area contributed by atoms with Gasteiger partial charge in [-0.1, -0.05) is 13.0 Å². The Morgan fingerprint density at radius 3 is 2.53 bits per heavy atom. The van der Waals surface area contributed by atoms with Crippen molar-refractivity contribution in [2.24, 2.45) is 5.92 Å². The molecule has 30 heavy (non-hydrogen) atoms. The number of nitrogens with one attached hydrogen (secondary N) is 2. The molecule has 2 unspecified atom stereocenters. The van der Waals surface area contributed by atoms with Gasteiger partial charge in [-0.15, -0.1) is 0 Å². The number of rotatable bonds is 3. The number of anilines is 3. The molecule has 0 saturated carbocycles. The summed E-state index contributed by atoms with van der Waals surface area (Å²) in [4.78, 5) is 46.7. The normalized spacial score (nSPS) is 18.6. The number of pyridine rings is 2. The van der Waals surface area contributed by atoms with Gasteiger partial charge in [-0.25, -0.2) is 9.97 Å². The van der Waals surface area contributed by atoms with E-state index in [0.717, 1.165) is 24.0 Å². The summed E-state index contributed by atoms with van der Waals surface area (Å²) in [5.41, 5.74) is 7.66. The third-order valence-electron chi connectivity index (χ3n) is 5.12. The Kier molecular flexibility index (Phi) is 6.29. The first kappa shape index (κ1) is 21.2. The molecule has 1 aliphatic rings. The Bertz CT molecular complexity index is 960. The molecule has 1 fully saturated rings.